The lowest BCUT2D eigenvalue weighted by Crippen LogP contribution is -2.38. The molecule has 3 nitrogen and oxygen atoms in total. The Labute approximate surface area is 135 Å². The first-order valence-electron chi connectivity index (χ1n) is 7.17. The summed E-state index contributed by atoms with van der Waals surface area (Å²) < 4.78 is 0. The van der Waals surface area contributed by atoms with Crippen molar-refractivity contribution in [1.82, 2.24) is 4.90 Å². The van der Waals surface area contributed by atoms with E-state index in [2.05, 4.69) is 11.9 Å². The van der Waals surface area contributed by atoms with Gasteiger partial charge >= 0.3 is 6.03 Å². The molecule has 112 valence electrons. The van der Waals surface area contributed by atoms with Gasteiger partial charge in [0.05, 0.1) is 5.69 Å². The maximum atomic E-state index is 12.3. The third-order valence-corrected chi connectivity index (χ3v) is 4.09. The number of benzene rings is 2. The number of aryl methyl sites for hydroxylation is 1. The molecule has 0 saturated heterocycles. The minimum Gasteiger partial charge on any atom is -0.307 e. The van der Waals surface area contributed by atoms with Crippen LogP contribution in [0.25, 0.3) is 5.70 Å². The lowest BCUT2D eigenvalue weighted by molar-refractivity contribution is 0.230. The highest BCUT2D eigenvalue weighted by atomic mass is 35.5. The third-order valence-electron chi connectivity index (χ3n) is 3.84. The SMILES string of the molecule is C=C1c2cc(C)ccc2NC(=O)N1CCc1ccc(Cl)cc1. The summed E-state index contributed by atoms with van der Waals surface area (Å²) in [5.41, 5.74) is 4.84. The van der Waals surface area contributed by atoms with Crippen LogP contribution in [0.3, 0.4) is 0 Å². The van der Waals surface area contributed by atoms with Crippen LogP contribution in [0.15, 0.2) is 49.0 Å². The van der Waals surface area contributed by atoms with Gasteiger partial charge < -0.3 is 5.32 Å². The summed E-state index contributed by atoms with van der Waals surface area (Å²) in [7, 11) is 0. The molecule has 22 heavy (non-hydrogen) atoms. The molecule has 0 fully saturated rings. The van der Waals surface area contributed by atoms with Gasteiger partial charge in [-0.1, -0.05) is 41.9 Å². The van der Waals surface area contributed by atoms with Crippen molar-refractivity contribution >= 4 is 29.0 Å². The fourth-order valence-corrected chi connectivity index (χ4v) is 2.71. The van der Waals surface area contributed by atoms with Crippen molar-refractivity contribution in [2.75, 3.05) is 11.9 Å². The number of nitrogens with one attached hydrogen (secondary N) is 1. The molecule has 0 spiro atoms. The molecule has 2 aromatic carbocycles. The number of halogens is 1. The van der Waals surface area contributed by atoms with Crippen LogP contribution in [-0.4, -0.2) is 17.5 Å². The minimum absolute atomic E-state index is 0.129. The second-order valence-electron chi connectivity index (χ2n) is 5.45. The largest absolute Gasteiger partial charge is 0.326 e. The molecule has 0 saturated carbocycles. The minimum atomic E-state index is -0.129. The Morgan fingerprint density at radius 1 is 1.18 bits per heavy atom. The van der Waals surface area contributed by atoms with E-state index in [0.29, 0.717) is 11.6 Å². The Bertz CT molecular complexity index is 737. The molecule has 0 aromatic heterocycles. The number of nitrogens with zero attached hydrogens (tertiary/aromatic N) is 1. The van der Waals surface area contributed by atoms with Gasteiger partial charge in [0.25, 0.3) is 0 Å². The second-order valence-corrected chi connectivity index (χ2v) is 5.89. The zero-order chi connectivity index (χ0) is 15.7. The fraction of sp³-hybridized carbons (Fsp3) is 0.167. The Hall–Kier alpha value is -2.26. The Morgan fingerprint density at radius 2 is 1.91 bits per heavy atom. The fourth-order valence-electron chi connectivity index (χ4n) is 2.58. The van der Waals surface area contributed by atoms with E-state index in [1.54, 1.807) is 4.90 Å². The van der Waals surface area contributed by atoms with Gasteiger partial charge in [0, 0.05) is 22.8 Å². The molecule has 1 aliphatic heterocycles. The van der Waals surface area contributed by atoms with Gasteiger partial charge in [0.15, 0.2) is 0 Å². The van der Waals surface area contributed by atoms with E-state index in [1.165, 1.54) is 0 Å². The summed E-state index contributed by atoms with van der Waals surface area (Å²) in [5, 5.41) is 3.63. The van der Waals surface area contributed by atoms with Crippen LogP contribution in [0.5, 0.6) is 0 Å². The van der Waals surface area contributed by atoms with Crippen molar-refractivity contribution in [3.63, 3.8) is 0 Å². The molecular weight excluding hydrogens is 296 g/mol. The number of urea groups is 1. The van der Waals surface area contributed by atoms with Crippen molar-refractivity contribution in [1.29, 1.82) is 0 Å². The van der Waals surface area contributed by atoms with Crippen molar-refractivity contribution < 1.29 is 4.79 Å². The smallest absolute Gasteiger partial charge is 0.307 e. The highest BCUT2D eigenvalue weighted by molar-refractivity contribution is 6.30. The van der Waals surface area contributed by atoms with E-state index in [-0.39, 0.29) is 6.03 Å². The summed E-state index contributed by atoms with van der Waals surface area (Å²) in [5.74, 6) is 0. The topological polar surface area (TPSA) is 32.3 Å². The summed E-state index contributed by atoms with van der Waals surface area (Å²) >= 11 is 5.89. The number of carbonyl (C=O) groups excluding carboxylic acids is 1. The monoisotopic (exact) mass is 312 g/mol. The molecule has 0 atom stereocenters. The first kappa shape index (κ1) is 14.7. The predicted octanol–water partition coefficient (Wildman–Crippen LogP) is 4.71. The van der Waals surface area contributed by atoms with E-state index in [9.17, 15) is 4.79 Å². The van der Waals surface area contributed by atoms with E-state index in [1.807, 2.05) is 49.4 Å². The van der Waals surface area contributed by atoms with E-state index in [4.69, 9.17) is 11.6 Å². The van der Waals surface area contributed by atoms with Crippen LogP contribution in [0, 0.1) is 6.92 Å². The van der Waals surface area contributed by atoms with Gasteiger partial charge in [-0.2, -0.15) is 0 Å². The van der Waals surface area contributed by atoms with Crippen molar-refractivity contribution in [3.8, 4) is 0 Å². The normalized spacial score (nSPS) is 13.8. The zero-order valence-electron chi connectivity index (χ0n) is 12.4. The first-order valence-corrected chi connectivity index (χ1v) is 7.55. The highest BCUT2D eigenvalue weighted by Crippen LogP contribution is 2.31. The lowest BCUT2D eigenvalue weighted by atomic mass is 10.0. The summed E-state index contributed by atoms with van der Waals surface area (Å²) in [6, 6.07) is 13.5. The maximum absolute atomic E-state index is 12.3. The van der Waals surface area contributed by atoms with Gasteiger partial charge in [-0.15, -0.1) is 0 Å². The molecule has 2 amide bonds. The molecule has 0 bridgehead atoms. The molecule has 1 aliphatic rings. The van der Waals surface area contributed by atoms with E-state index < -0.39 is 0 Å². The standard InChI is InChI=1S/C18H17ClN2O/c1-12-3-8-17-16(11-12)13(2)21(18(22)20-17)10-9-14-4-6-15(19)7-5-14/h3-8,11H,2,9-10H2,1H3,(H,20,22). The molecular formula is C18H17ClN2O. The number of amides is 2. The molecule has 4 heteroatoms. The predicted molar refractivity (Wildman–Crippen MR) is 91.1 cm³/mol. The molecule has 1 heterocycles. The van der Waals surface area contributed by atoms with Crippen LogP contribution in [-0.2, 0) is 6.42 Å². The lowest BCUT2D eigenvalue weighted by Gasteiger charge is -2.31. The summed E-state index contributed by atoms with van der Waals surface area (Å²) in [6.07, 6.45) is 0.755. The van der Waals surface area contributed by atoms with Crippen LogP contribution in [0.1, 0.15) is 16.7 Å². The Balaban J connectivity index is 1.78. The number of hydrogen-bond donors (Lipinski definition) is 1. The number of fused-ring (bicyclic) bond motifs is 1. The van der Waals surface area contributed by atoms with Crippen molar-refractivity contribution in [2.24, 2.45) is 0 Å². The van der Waals surface area contributed by atoms with Crippen LogP contribution >= 0.6 is 11.6 Å². The second kappa shape index (κ2) is 5.85. The van der Waals surface area contributed by atoms with E-state index >= 15 is 0 Å². The maximum Gasteiger partial charge on any atom is 0.326 e. The number of hydrogen-bond acceptors (Lipinski definition) is 1. The molecule has 3 rings (SSSR count). The Morgan fingerprint density at radius 3 is 2.64 bits per heavy atom. The summed E-state index contributed by atoms with van der Waals surface area (Å²) in [4.78, 5) is 14.0. The van der Waals surface area contributed by atoms with E-state index in [0.717, 1.165) is 34.5 Å². The van der Waals surface area contributed by atoms with Gasteiger partial charge in [-0.05, 0) is 43.2 Å². The van der Waals surface area contributed by atoms with Gasteiger partial charge in [-0.3, -0.25) is 4.90 Å². The number of rotatable bonds is 3. The van der Waals surface area contributed by atoms with Gasteiger partial charge in [-0.25, -0.2) is 4.79 Å². The molecule has 0 radical (unpaired) electrons. The first-order chi connectivity index (χ1) is 10.5. The summed E-state index contributed by atoms with van der Waals surface area (Å²) in [6.45, 7) is 6.71. The molecule has 2 aromatic rings. The molecule has 0 unspecified atom stereocenters. The number of anilines is 1. The highest BCUT2D eigenvalue weighted by Gasteiger charge is 2.25. The van der Waals surface area contributed by atoms with Gasteiger partial charge in [0.2, 0.25) is 0 Å². The molecule has 0 aliphatic carbocycles. The van der Waals surface area contributed by atoms with Crippen LogP contribution in [0.2, 0.25) is 5.02 Å². The van der Waals surface area contributed by atoms with Crippen LogP contribution < -0.4 is 5.32 Å². The quantitative estimate of drug-likeness (QED) is 0.874. The Kier molecular flexibility index (Phi) is 3.90. The average molecular weight is 313 g/mol. The average Bonchev–Trinajstić information content (AvgIpc) is 2.50. The molecule has 1 N–H and O–H groups in total. The van der Waals surface area contributed by atoms with Crippen molar-refractivity contribution in [2.45, 2.75) is 13.3 Å². The van der Waals surface area contributed by atoms with Gasteiger partial charge in [0.1, 0.15) is 0 Å². The number of carbonyl (C=O) groups is 1. The third kappa shape index (κ3) is 2.85. The van der Waals surface area contributed by atoms with Crippen molar-refractivity contribution in [3.05, 3.63) is 70.8 Å². The zero-order valence-corrected chi connectivity index (χ0v) is 13.2. The van der Waals surface area contributed by atoms with Crippen LogP contribution in [0.4, 0.5) is 10.5 Å².